The van der Waals surface area contributed by atoms with Crippen molar-refractivity contribution in [2.24, 2.45) is 17.4 Å². The van der Waals surface area contributed by atoms with Gasteiger partial charge in [0, 0.05) is 13.0 Å². The topological polar surface area (TPSA) is 89.4 Å². The van der Waals surface area contributed by atoms with Gasteiger partial charge in [-0.25, -0.2) is 0 Å². The molecule has 0 heterocycles. The van der Waals surface area contributed by atoms with Crippen molar-refractivity contribution in [2.45, 2.75) is 44.6 Å². The van der Waals surface area contributed by atoms with Crippen molar-refractivity contribution < 1.29 is 9.59 Å². The van der Waals surface area contributed by atoms with Gasteiger partial charge in [0.25, 0.3) is 0 Å². The minimum atomic E-state index is -0.574. The highest BCUT2D eigenvalue weighted by atomic mass is 16.2. The minimum absolute atomic E-state index is 0.0418. The zero-order valence-corrected chi connectivity index (χ0v) is 10.5. The van der Waals surface area contributed by atoms with Crippen molar-refractivity contribution in [1.29, 1.82) is 0 Å². The van der Waals surface area contributed by atoms with Crippen LogP contribution in [0.3, 0.4) is 0 Å². The first-order valence-electron chi connectivity index (χ1n) is 6.35. The third-order valence-electron chi connectivity index (χ3n) is 3.40. The molecule has 5 nitrogen and oxygen atoms in total. The molecule has 0 aromatic rings. The van der Waals surface area contributed by atoms with Crippen LogP contribution in [0.2, 0.25) is 0 Å². The van der Waals surface area contributed by atoms with Crippen molar-refractivity contribution >= 4 is 11.8 Å². The van der Waals surface area contributed by atoms with E-state index in [2.05, 4.69) is 0 Å². The van der Waals surface area contributed by atoms with E-state index in [-0.39, 0.29) is 17.7 Å². The summed E-state index contributed by atoms with van der Waals surface area (Å²) in [4.78, 5) is 24.9. The van der Waals surface area contributed by atoms with Crippen molar-refractivity contribution in [3.05, 3.63) is 0 Å². The van der Waals surface area contributed by atoms with Crippen LogP contribution in [0.5, 0.6) is 0 Å². The number of hydrogen-bond acceptors (Lipinski definition) is 4. The smallest absolute Gasteiger partial charge is 0.245 e. The van der Waals surface area contributed by atoms with Crippen LogP contribution >= 0.6 is 0 Å². The molecule has 5 heteroatoms. The number of likely N-dealkylation sites (N-methyl/N-ethyl adjacent to an activating group) is 1. The van der Waals surface area contributed by atoms with Gasteiger partial charge in [-0.2, -0.15) is 0 Å². The number of nitrogens with zero attached hydrogens (tertiary/aromatic N) is 1. The molecule has 2 amide bonds. The summed E-state index contributed by atoms with van der Waals surface area (Å²) in [7, 11) is 1.53. The average Bonchev–Trinajstić information content (AvgIpc) is 2.24. The molecule has 1 fully saturated rings. The third-order valence-corrected chi connectivity index (χ3v) is 3.40. The molecular weight excluding hydrogens is 218 g/mol. The molecule has 0 aromatic carbocycles. The number of rotatable bonds is 6. The van der Waals surface area contributed by atoms with E-state index in [0.717, 1.165) is 32.1 Å². The lowest BCUT2D eigenvalue weighted by atomic mass is 9.84. The third kappa shape index (κ3) is 3.78. The lowest BCUT2D eigenvalue weighted by Gasteiger charge is -2.29. The Morgan fingerprint density at radius 1 is 1.35 bits per heavy atom. The van der Waals surface area contributed by atoms with Crippen molar-refractivity contribution in [1.82, 2.24) is 4.90 Å². The number of amides is 2. The number of carbonyl (C=O) groups excluding carboxylic acids is 2. The highest BCUT2D eigenvalue weighted by Crippen LogP contribution is 2.28. The number of unbranched alkanes of at least 4 members (excludes halogenated alkanes) is 1. The fourth-order valence-corrected chi connectivity index (χ4v) is 1.92. The zero-order chi connectivity index (χ0) is 12.8. The Bertz CT molecular complexity index is 277. The molecule has 0 saturated heterocycles. The van der Waals surface area contributed by atoms with E-state index in [4.69, 9.17) is 11.5 Å². The van der Waals surface area contributed by atoms with Crippen LogP contribution in [0.1, 0.15) is 38.5 Å². The molecule has 1 aliphatic carbocycles. The van der Waals surface area contributed by atoms with E-state index in [1.165, 1.54) is 11.9 Å². The van der Waals surface area contributed by atoms with E-state index in [9.17, 15) is 9.59 Å². The summed E-state index contributed by atoms with van der Waals surface area (Å²) in [5.41, 5.74) is 11.1. The van der Waals surface area contributed by atoms with Gasteiger partial charge in [-0.1, -0.05) is 12.8 Å². The maximum absolute atomic E-state index is 11.9. The van der Waals surface area contributed by atoms with Gasteiger partial charge in [-0.05, 0) is 32.2 Å². The first-order valence-corrected chi connectivity index (χ1v) is 6.35. The molecule has 4 N–H and O–H groups in total. The monoisotopic (exact) mass is 241 g/mol. The van der Waals surface area contributed by atoms with Gasteiger partial charge in [0.05, 0.1) is 6.04 Å². The minimum Gasteiger partial charge on any atom is -0.330 e. The Morgan fingerprint density at radius 3 is 2.47 bits per heavy atom. The van der Waals surface area contributed by atoms with Gasteiger partial charge in [0.2, 0.25) is 11.8 Å². The summed E-state index contributed by atoms with van der Waals surface area (Å²) in [6.45, 7) is 0.609. The van der Waals surface area contributed by atoms with E-state index >= 15 is 0 Å². The van der Waals surface area contributed by atoms with E-state index in [1.807, 2.05) is 0 Å². The second-order valence-electron chi connectivity index (χ2n) is 4.75. The first-order chi connectivity index (χ1) is 8.07. The normalized spacial score (nSPS) is 17.4. The van der Waals surface area contributed by atoms with Gasteiger partial charge >= 0.3 is 0 Å². The van der Waals surface area contributed by atoms with Crippen LogP contribution in [-0.4, -0.2) is 36.3 Å². The standard InChI is InChI=1S/C12H23N3O2/c1-15(11(16)9-5-4-6-9)12(17)10(14)7-2-3-8-13/h9-10H,2-8,13-14H2,1H3/t10-/m0/s1. The van der Waals surface area contributed by atoms with Gasteiger partial charge in [0.1, 0.15) is 0 Å². The predicted molar refractivity (Wildman–Crippen MR) is 66.0 cm³/mol. The number of imide groups is 1. The highest BCUT2D eigenvalue weighted by Gasteiger charge is 2.31. The Kier molecular flexibility index (Phi) is 5.58. The molecular formula is C12H23N3O2. The van der Waals surface area contributed by atoms with Crippen LogP contribution in [0.4, 0.5) is 0 Å². The average molecular weight is 241 g/mol. The molecule has 98 valence electrons. The van der Waals surface area contributed by atoms with Crippen LogP contribution in [0.25, 0.3) is 0 Å². The van der Waals surface area contributed by atoms with Crippen LogP contribution in [0.15, 0.2) is 0 Å². The van der Waals surface area contributed by atoms with E-state index < -0.39 is 6.04 Å². The lowest BCUT2D eigenvalue weighted by molar-refractivity contribution is -0.148. The molecule has 0 aliphatic heterocycles. The first kappa shape index (κ1) is 14.1. The summed E-state index contributed by atoms with van der Waals surface area (Å²) < 4.78 is 0. The Hall–Kier alpha value is -0.940. The number of hydrogen-bond donors (Lipinski definition) is 2. The highest BCUT2D eigenvalue weighted by molar-refractivity contribution is 5.98. The summed E-state index contributed by atoms with van der Waals surface area (Å²) in [6.07, 6.45) is 5.17. The Morgan fingerprint density at radius 2 is 2.00 bits per heavy atom. The fraction of sp³-hybridized carbons (Fsp3) is 0.833. The predicted octanol–water partition coefficient (Wildman–Crippen LogP) is 0.228. The quantitative estimate of drug-likeness (QED) is 0.651. The summed E-state index contributed by atoms with van der Waals surface area (Å²) >= 11 is 0. The number of carbonyl (C=O) groups is 2. The second-order valence-corrected chi connectivity index (χ2v) is 4.75. The van der Waals surface area contributed by atoms with E-state index in [0.29, 0.717) is 13.0 Å². The fourth-order valence-electron chi connectivity index (χ4n) is 1.92. The Labute approximate surface area is 103 Å². The molecule has 17 heavy (non-hydrogen) atoms. The molecule has 0 spiro atoms. The number of nitrogens with two attached hydrogens (primary N) is 2. The molecule has 0 unspecified atom stereocenters. The molecule has 1 atom stereocenters. The van der Waals surface area contributed by atoms with Gasteiger partial charge < -0.3 is 11.5 Å². The second kappa shape index (κ2) is 6.71. The van der Waals surface area contributed by atoms with Gasteiger partial charge in [-0.3, -0.25) is 14.5 Å². The molecule has 0 radical (unpaired) electrons. The molecule has 1 rings (SSSR count). The van der Waals surface area contributed by atoms with Gasteiger partial charge in [0.15, 0.2) is 0 Å². The van der Waals surface area contributed by atoms with Crippen LogP contribution in [0, 0.1) is 5.92 Å². The van der Waals surface area contributed by atoms with Crippen LogP contribution in [-0.2, 0) is 9.59 Å². The maximum Gasteiger partial charge on any atom is 0.245 e. The maximum atomic E-state index is 11.9. The molecule has 1 saturated carbocycles. The van der Waals surface area contributed by atoms with Crippen molar-refractivity contribution in [3.8, 4) is 0 Å². The molecule has 0 aromatic heterocycles. The summed E-state index contributed by atoms with van der Waals surface area (Å²) in [5, 5.41) is 0. The molecule has 1 aliphatic rings. The Balaban J connectivity index is 2.36. The van der Waals surface area contributed by atoms with Gasteiger partial charge in [-0.15, -0.1) is 0 Å². The van der Waals surface area contributed by atoms with Crippen molar-refractivity contribution in [3.63, 3.8) is 0 Å². The van der Waals surface area contributed by atoms with Crippen LogP contribution < -0.4 is 11.5 Å². The molecule has 0 bridgehead atoms. The largest absolute Gasteiger partial charge is 0.330 e. The lowest BCUT2D eigenvalue weighted by Crippen LogP contribution is -2.47. The summed E-state index contributed by atoms with van der Waals surface area (Å²) in [6, 6.07) is -0.574. The zero-order valence-electron chi connectivity index (χ0n) is 10.5. The van der Waals surface area contributed by atoms with E-state index in [1.54, 1.807) is 0 Å². The SMILES string of the molecule is CN(C(=O)C1CCC1)C(=O)[C@@H](N)CCCCN. The summed E-state index contributed by atoms with van der Waals surface area (Å²) in [5.74, 6) is -0.297. The van der Waals surface area contributed by atoms with Crippen molar-refractivity contribution in [2.75, 3.05) is 13.6 Å².